The summed E-state index contributed by atoms with van der Waals surface area (Å²) in [5.74, 6) is -0.395. The maximum absolute atomic E-state index is 13.6. The summed E-state index contributed by atoms with van der Waals surface area (Å²) in [5.41, 5.74) is 2.47. The quantitative estimate of drug-likeness (QED) is 0.240. The predicted octanol–water partition coefficient (Wildman–Crippen LogP) is 5.10. The van der Waals surface area contributed by atoms with Crippen LogP contribution in [0.2, 0.25) is 0 Å². The molecule has 0 fully saturated rings. The Morgan fingerprint density at radius 1 is 1.05 bits per heavy atom. The summed E-state index contributed by atoms with van der Waals surface area (Å²) in [7, 11) is 0. The number of hydrogen-bond acceptors (Lipinski definition) is 7. The van der Waals surface area contributed by atoms with Gasteiger partial charge in [-0.25, -0.2) is 9.59 Å². The van der Waals surface area contributed by atoms with Gasteiger partial charge < -0.3 is 0 Å². The van der Waals surface area contributed by atoms with Gasteiger partial charge in [-0.2, -0.15) is 0 Å². The summed E-state index contributed by atoms with van der Waals surface area (Å²) in [6, 6.07) is 13.6. The van der Waals surface area contributed by atoms with Gasteiger partial charge in [0.1, 0.15) is 4.83 Å². The molecular formula is C29H26N4O4S2. The first-order valence-electron chi connectivity index (χ1n) is 12.4. The number of aromatic amines is 1. The van der Waals surface area contributed by atoms with Crippen molar-refractivity contribution < 1.29 is 4.52 Å². The van der Waals surface area contributed by atoms with Crippen LogP contribution in [-0.4, -0.2) is 19.3 Å². The molecule has 198 valence electrons. The highest BCUT2D eigenvalue weighted by Crippen LogP contribution is 2.27. The van der Waals surface area contributed by atoms with Crippen molar-refractivity contribution >= 4 is 44.0 Å². The molecule has 1 N–H and O–H groups in total. The minimum absolute atomic E-state index is 0.238. The summed E-state index contributed by atoms with van der Waals surface area (Å²) in [6.45, 7) is 10.4. The Bertz CT molecular complexity index is 1860. The molecule has 0 aliphatic carbocycles. The van der Waals surface area contributed by atoms with Gasteiger partial charge in [0.2, 0.25) is 0 Å². The van der Waals surface area contributed by atoms with Crippen molar-refractivity contribution in [3.8, 4) is 0 Å². The van der Waals surface area contributed by atoms with E-state index in [2.05, 4.69) is 27.8 Å². The molecule has 4 heterocycles. The molecule has 8 nitrogen and oxygen atoms in total. The first-order chi connectivity index (χ1) is 18.9. The van der Waals surface area contributed by atoms with E-state index in [0.29, 0.717) is 40.9 Å². The highest BCUT2D eigenvalue weighted by Gasteiger charge is 2.17. The molecule has 0 amide bonds. The molecule has 4 aromatic heterocycles. The second kappa shape index (κ2) is 11.2. The van der Waals surface area contributed by atoms with E-state index < -0.39 is 5.76 Å². The molecule has 0 unspecified atom stereocenters. The average Bonchev–Trinajstić information content (AvgIpc) is 3.71. The van der Waals surface area contributed by atoms with Gasteiger partial charge in [0.05, 0.1) is 11.9 Å². The Morgan fingerprint density at radius 3 is 2.44 bits per heavy atom. The van der Waals surface area contributed by atoms with Gasteiger partial charge >= 0.3 is 11.4 Å². The molecule has 10 heteroatoms. The molecule has 0 saturated heterocycles. The lowest BCUT2D eigenvalue weighted by molar-refractivity contribution is 0.385. The number of nitrogens with zero attached hydrogens (tertiary/aromatic N) is 3. The van der Waals surface area contributed by atoms with E-state index in [4.69, 9.17) is 0 Å². The first-order valence-corrected chi connectivity index (χ1v) is 14.1. The van der Waals surface area contributed by atoms with Crippen LogP contribution >= 0.6 is 22.7 Å². The van der Waals surface area contributed by atoms with Crippen molar-refractivity contribution in [3.05, 3.63) is 131 Å². The largest absolute Gasteiger partial charge is 0.439 e. The van der Waals surface area contributed by atoms with Crippen LogP contribution in [0, 0.1) is 0 Å². The van der Waals surface area contributed by atoms with Crippen LogP contribution in [0.5, 0.6) is 0 Å². The van der Waals surface area contributed by atoms with Crippen LogP contribution in [0.1, 0.15) is 33.6 Å². The maximum Gasteiger partial charge on any atom is 0.439 e. The standard InChI is InChI=1S/C29H26N4O4S2/c1-4-20-16-24-26(34)32(14-13-21-8-7-15-38-21)29(36)33(27(24)39-20)17-18-9-11-19(12-10-18)22(5-2)23(6-3)25-30-28(35)37-31-25/h5-12,15-16H,2-4,13-14,17H2,1H3,(H,30,31,35)/b23-22-. The second-order valence-electron chi connectivity index (χ2n) is 8.82. The zero-order valence-corrected chi connectivity index (χ0v) is 22.9. The number of hydrogen-bond donors (Lipinski definition) is 1. The van der Waals surface area contributed by atoms with E-state index in [1.165, 1.54) is 15.9 Å². The van der Waals surface area contributed by atoms with Crippen molar-refractivity contribution in [2.45, 2.75) is 32.9 Å². The van der Waals surface area contributed by atoms with Crippen LogP contribution in [0.4, 0.5) is 0 Å². The monoisotopic (exact) mass is 558 g/mol. The molecule has 0 aliphatic rings. The van der Waals surface area contributed by atoms with Crippen LogP contribution in [0.3, 0.4) is 0 Å². The van der Waals surface area contributed by atoms with Crippen molar-refractivity contribution in [2.75, 3.05) is 0 Å². The summed E-state index contributed by atoms with van der Waals surface area (Å²) in [5, 5.41) is 6.33. The first kappa shape index (κ1) is 26.3. The fourth-order valence-electron chi connectivity index (χ4n) is 4.47. The van der Waals surface area contributed by atoms with Crippen molar-refractivity contribution in [3.63, 3.8) is 0 Å². The lowest BCUT2D eigenvalue weighted by Crippen LogP contribution is -2.40. The van der Waals surface area contributed by atoms with E-state index in [1.54, 1.807) is 28.1 Å². The van der Waals surface area contributed by atoms with Gasteiger partial charge in [-0.05, 0) is 47.1 Å². The number of allylic oxidation sites excluding steroid dienone is 4. The highest BCUT2D eigenvalue weighted by atomic mass is 32.1. The van der Waals surface area contributed by atoms with Gasteiger partial charge in [-0.3, -0.25) is 23.4 Å². The van der Waals surface area contributed by atoms with Gasteiger partial charge in [0, 0.05) is 21.9 Å². The number of H-pyrrole nitrogens is 1. The Balaban J connectivity index is 1.53. The zero-order valence-electron chi connectivity index (χ0n) is 21.3. The Labute approximate surface area is 231 Å². The smallest absolute Gasteiger partial charge is 0.296 e. The number of rotatable bonds is 10. The normalized spacial score (nSPS) is 12.0. The van der Waals surface area contributed by atoms with Crippen molar-refractivity contribution in [1.29, 1.82) is 0 Å². The number of aryl methyl sites for hydroxylation is 2. The van der Waals surface area contributed by atoms with E-state index in [0.717, 1.165) is 27.3 Å². The predicted molar refractivity (Wildman–Crippen MR) is 158 cm³/mol. The second-order valence-corrected chi connectivity index (χ2v) is 11.0. The zero-order chi connectivity index (χ0) is 27.5. The van der Waals surface area contributed by atoms with Crippen molar-refractivity contribution in [1.82, 2.24) is 19.3 Å². The molecule has 0 atom stereocenters. The third-order valence-electron chi connectivity index (χ3n) is 6.46. The minimum atomic E-state index is -0.656. The van der Waals surface area contributed by atoms with E-state index >= 15 is 0 Å². The van der Waals surface area contributed by atoms with Crippen LogP contribution < -0.4 is 17.0 Å². The Hall–Kier alpha value is -4.28. The fourth-order valence-corrected chi connectivity index (χ4v) is 6.25. The summed E-state index contributed by atoms with van der Waals surface area (Å²) < 4.78 is 7.70. The molecular weight excluding hydrogens is 532 g/mol. The number of aromatic nitrogens is 4. The lowest BCUT2D eigenvalue weighted by Gasteiger charge is -2.13. The molecule has 5 aromatic rings. The molecule has 0 aliphatic heterocycles. The third kappa shape index (κ3) is 5.21. The number of thiophene rings is 2. The molecule has 0 bridgehead atoms. The Morgan fingerprint density at radius 2 is 1.82 bits per heavy atom. The minimum Gasteiger partial charge on any atom is -0.296 e. The van der Waals surface area contributed by atoms with E-state index in [9.17, 15) is 14.4 Å². The lowest BCUT2D eigenvalue weighted by atomic mass is 9.98. The van der Waals surface area contributed by atoms with Gasteiger partial charge in [-0.15, -0.1) is 22.7 Å². The van der Waals surface area contributed by atoms with Crippen LogP contribution in [0.15, 0.2) is 92.1 Å². The van der Waals surface area contributed by atoms with E-state index in [-0.39, 0.29) is 17.1 Å². The molecule has 1 aromatic carbocycles. The summed E-state index contributed by atoms with van der Waals surface area (Å²) in [6.07, 6.45) is 4.65. The SMILES string of the molecule is C=C/C(=C(\C=C)c1noc(=O)[nH]1)c1ccc(Cn2c(=O)n(CCc3cccs3)c(=O)c3cc(CC)sc32)cc1. The molecule has 0 radical (unpaired) electrons. The highest BCUT2D eigenvalue weighted by molar-refractivity contribution is 7.18. The maximum atomic E-state index is 13.6. The number of benzene rings is 1. The van der Waals surface area contributed by atoms with Gasteiger partial charge in [-0.1, -0.05) is 67.7 Å². The summed E-state index contributed by atoms with van der Waals surface area (Å²) >= 11 is 3.10. The van der Waals surface area contributed by atoms with Gasteiger partial charge in [0.15, 0.2) is 5.82 Å². The van der Waals surface area contributed by atoms with Crippen LogP contribution in [-0.2, 0) is 25.9 Å². The molecule has 5 rings (SSSR count). The summed E-state index contributed by atoms with van der Waals surface area (Å²) in [4.78, 5) is 43.8. The Kier molecular flexibility index (Phi) is 7.58. The van der Waals surface area contributed by atoms with Gasteiger partial charge in [0.25, 0.3) is 5.56 Å². The van der Waals surface area contributed by atoms with Crippen molar-refractivity contribution in [2.24, 2.45) is 0 Å². The van der Waals surface area contributed by atoms with E-state index in [1.807, 2.05) is 54.8 Å². The number of nitrogens with one attached hydrogen (secondary N) is 1. The average molecular weight is 559 g/mol. The fraction of sp³-hybridized carbons (Fsp3) is 0.172. The molecule has 0 saturated carbocycles. The molecule has 39 heavy (non-hydrogen) atoms. The molecule has 0 spiro atoms. The number of fused-ring (bicyclic) bond motifs is 1. The third-order valence-corrected chi connectivity index (χ3v) is 8.69. The van der Waals surface area contributed by atoms with Crippen LogP contribution in [0.25, 0.3) is 21.4 Å². The topological polar surface area (TPSA) is 103 Å².